The van der Waals surface area contributed by atoms with Crippen LogP contribution in [0.5, 0.6) is 11.5 Å². The number of non-ortho nitro benzene ring substituents is 1. The minimum absolute atomic E-state index is 0.0286. The molecule has 2 aromatic carbocycles. The number of aliphatic hydroxyl groups excluding tert-OH is 1. The number of aliphatic hydroxyl groups is 1. The molecule has 0 aliphatic heterocycles. The molecular weight excluding hydrogens is 384 g/mol. The number of phenols is 1. The number of hydrogen-bond donors (Lipinski definition) is 4. The van der Waals surface area contributed by atoms with Crippen molar-refractivity contribution in [2.75, 3.05) is 7.11 Å². The lowest BCUT2D eigenvalue weighted by atomic mass is 10.0. The molecule has 0 spiro atoms. The number of methoxy groups -OCH3 is 1. The standard InChI is InChI=1S/C19H18N2O8/c1-29-15-9-11(5-7-14(15)22)6-8-16(23)20-17(19(25)26)18(24)12-3-2-4-13(10-12)21(27)28/h2-10,17-18,22,24H,1H3,(H,20,23)(H,25,26)/b8-6+/t17-,18-/m1/s1. The third-order valence-electron chi connectivity index (χ3n) is 3.93. The first kappa shape index (κ1) is 21.4. The largest absolute Gasteiger partial charge is 0.504 e. The van der Waals surface area contributed by atoms with Crippen molar-refractivity contribution in [2.24, 2.45) is 0 Å². The van der Waals surface area contributed by atoms with Gasteiger partial charge in [-0.25, -0.2) is 4.79 Å². The van der Waals surface area contributed by atoms with Crippen molar-refractivity contribution in [1.29, 1.82) is 0 Å². The highest BCUT2D eigenvalue weighted by atomic mass is 16.6. The van der Waals surface area contributed by atoms with Crippen LogP contribution in [-0.4, -0.2) is 45.3 Å². The number of carboxylic acids is 1. The topological polar surface area (TPSA) is 159 Å². The van der Waals surface area contributed by atoms with Crippen LogP contribution in [0.15, 0.2) is 48.5 Å². The van der Waals surface area contributed by atoms with Crippen LogP contribution in [0.25, 0.3) is 6.08 Å². The molecule has 0 bridgehead atoms. The number of phenolic OH excluding ortho intramolecular Hbond substituents is 1. The second-order valence-electron chi connectivity index (χ2n) is 5.89. The number of amides is 1. The Balaban J connectivity index is 2.15. The van der Waals surface area contributed by atoms with Gasteiger partial charge in [-0.05, 0) is 29.3 Å². The van der Waals surface area contributed by atoms with Crippen molar-refractivity contribution in [3.63, 3.8) is 0 Å². The molecule has 10 nitrogen and oxygen atoms in total. The molecule has 4 N–H and O–H groups in total. The zero-order valence-electron chi connectivity index (χ0n) is 15.2. The minimum atomic E-state index is -1.73. The Bertz CT molecular complexity index is 957. The van der Waals surface area contributed by atoms with Gasteiger partial charge in [-0.1, -0.05) is 18.2 Å². The molecule has 0 fully saturated rings. The van der Waals surface area contributed by atoms with Gasteiger partial charge in [0.25, 0.3) is 5.69 Å². The lowest BCUT2D eigenvalue weighted by Crippen LogP contribution is -2.44. The van der Waals surface area contributed by atoms with Crippen LogP contribution < -0.4 is 10.1 Å². The summed E-state index contributed by atoms with van der Waals surface area (Å²) in [6, 6.07) is 7.45. The van der Waals surface area contributed by atoms with Crippen molar-refractivity contribution < 1.29 is 34.6 Å². The molecule has 0 aliphatic rings. The molecule has 2 atom stereocenters. The van der Waals surface area contributed by atoms with Gasteiger partial charge in [0.1, 0.15) is 6.10 Å². The molecule has 152 valence electrons. The SMILES string of the molecule is COc1cc(/C=C/C(=O)N[C@@H](C(=O)O)[C@H](O)c2cccc([N+](=O)[O-])c2)ccc1O. The lowest BCUT2D eigenvalue weighted by molar-refractivity contribution is -0.385. The Morgan fingerprint density at radius 1 is 1.24 bits per heavy atom. The van der Waals surface area contributed by atoms with Crippen LogP contribution >= 0.6 is 0 Å². The normalized spacial score (nSPS) is 12.9. The maximum absolute atomic E-state index is 12.1. The van der Waals surface area contributed by atoms with E-state index >= 15 is 0 Å². The molecule has 0 aromatic heterocycles. The van der Waals surface area contributed by atoms with Crippen molar-refractivity contribution in [3.8, 4) is 11.5 Å². The fourth-order valence-electron chi connectivity index (χ4n) is 2.46. The van der Waals surface area contributed by atoms with Crippen molar-refractivity contribution in [1.82, 2.24) is 5.32 Å². The molecule has 2 rings (SSSR count). The molecule has 29 heavy (non-hydrogen) atoms. The number of aliphatic carboxylic acids is 1. The summed E-state index contributed by atoms with van der Waals surface area (Å²) in [6.07, 6.45) is 0.691. The highest BCUT2D eigenvalue weighted by Gasteiger charge is 2.29. The van der Waals surface area contributed by atoms with Crippen molar-refractivity contribution >= 4 is 23.6 Å². The van der Waals surface area contributed by atoms with E-state index in [2.05, 4.69) is 5.32 Å². The summed E-state index contributed by atoms with van der Waals surface area (Å²) >= 11 is 0. The molecule has 0 radical (unpaired) electrons. The van der Waals surface area contributed by atoms with Crippen LogP contribution in [0.2, 0.25) is 0 Å². The van der Waals surface area contributed by atoms with Crippen molar-refractivity contribution in [3.05, 3.63) is 69.8 Å². The number of carbonyl (C=O) groups excluding carboxylic acids is 1. The smallest absolute Gasteiger partial charge is 0.329 e. The molecule has 0 heterocycles. The van der Waals surface area contributed by atoms with Crippen LogP contribution in [-0.2, 0) is 9.59 Å². The summed E-state index contributed by atoms with van der Waals surface area (Å²) in [5.74, 6) is -2.22. The van der Waals surface area contributed by atoms with Crippen LogP contribution in [0.1, 0.15) is 17.2 Å². The highest BCUT2D eigenvalue weighted by Crippen LogP contribution is 2.27. The Kier molecular flexibility index (Phi) is 6.88. The summed E-state index contributed by atoms with van der Waals surface area (Å²) in [5.41, 5.74) is 0.151. The van der Waals surface area contributed by atoms with Gasteiger partial charge in [0.2, 0.25) is 5.91 Å². The second-order valence-corrected chi connectivity index (χ2v) is 5.89. The van der Waals surface area contributed by atoms with E-state index in [1.54, 1.807) is 0 Å². The van der Waals surface area contributed by atoms with Gasteiger partial charge in [-0.2, -0.15) is 0 Å². The zero-order valence-corrected chi connectivity index (χ0v) is 15.2. The van der Waals surface area contributed by atoms with E-state index in [0.717, 1.165) is 12.1 Å². The molecule has 1 amide bonds. The lowest BCUT2D eigenvalue weighted by Gasteiger charge is -2.20. The minimum Gasteiger partial charge on any atom is -0.504 e. The number of nitrogens with one attached hydrogen (secondary N) is 1. The van der Waals surface area contributed by atoms with Crippen LogP contribution in [0.4, 0.5) is 5.69 Å². The van der Waals surface area contributed by atoms with E-state index in [9.17, 15) is 35.0 Å². The van der Waals surface area contributed by atoms with Gasteiger partial charge in [0.15, 0.2) is 17.5 Å². The quantitative estimate of drug-likeness (QED) is 0.294. The number of nitro benzene ring substituents is 1. The van der Waals surface area contributed by atoms with Gasteiger partial charge in [0.05, 0.1) is 12.0 Å². The average Bonchev–Trinajstić information content (AvgIpc) is 2.70. The van der Waals surface area contributed by atoms with Crippen LogP contribution in [0, 0.1) is 10.1 Å². The molecular formula is C19H18N2O8. The van der Waals surface area contributed by atoms with E-state index in [1.807, 2.05) is 0 Å². The van der Waals surface area contributed by atoms with Gasteiger partial charge in [-0.3, -0.25) is 14.9 Å². The highest BCUT2D eigenvalue weighted by molar-refractivity contribution is 5.94. The summed E-state index contributed by atoms with van der Waals surface area (Å²) in [4.78, 5) is 33.8. The first-order valence-corrected chi connectivity index (χ1v) is 8.23. The zero-order chi connectivity index (χ0) is 21.6. The fraction of sp³-hybridized carbons (Fsp3) is 0.158. The first-order valence-electron chi connectivity index (χ1n) is 8.23. The predicted molar refractivity (Wildman–Crippen MR) is 101 cm³/mol. The number of benzene rings is 2. The molecule has 0 saturated carbocycles. The monoisotopic (exact) mass is 402 g/mol. The summed E-state index contributed by atoms with van der Waals surface area (Å²) in [7, 11) is 1.36. The van der Waals surface area contributed by atoms with Gasteiger partial charge in [-0.15, -0.1) is 0 Å². The molecule has 0 aliphatic carbocycles. The number of nitro groups is 1. The number of carbonyl (C=O) groups is 2. The summed E-state index contributed by atoms with van der Waals surface area (Å²) < 4.78 is 4.95. The molecule has 0 saturated heterocycles. The number of ether oxygens (including phenoxy) is 1. The van der Waals surface area contributed by atoms with Gasteiger partial charge < -0.3 is 25.4 Å². The van der Waals surface area contributed by atoms with E-state index in [4.69, 9.17) is 4.74 Å². The Hall–Kier alpha value is -3.92. The second kappa shape index (κ2) is 9.33. The number of nitrogens with zero attached hydrogens (tertiary/aromatic N) is 1. The van der Waals surface area contributed by atoms with E-state index in [-0.39, 0.29) is 22.7 Å². The first-order chi connectivity index (χ1) is 13.7. The van der Waals surface area contributed by atoms with Crippen molar-refractivity contribution in [2.45, 2.75) is 12.1 Å². The van der Waals surface area contributed by atoms with E-state index in [1.165, 1.54) is 49.6 Å². The molecule has 0 unspecified atom stereocenters. The predicted octanol–water partition coefficient (Wildman–Crippen LogP) is 1.63. The average molecular weight is 402 g/mol. The maximum Gasteiger partial charge on any atom is 0.329 e. The molecule has 2 aromatic rings. The number of hydrogen-bond acceptors (Lipinski definition) is 7. The fourth-order valence-corrected chi connectivity index (χ4v) is 2.46. The van der Waals surface area contributed by atoms with Gasteiger partial charge >= 0.3 is 5.97 Å². The third-order valence-corrected chi connectivity index (χ3v) is 3.93. The summed E-state index contributed by atoms with van der Waals surface area (Å²) in [5, 5.41) is 42.2. The maximum atomic E-state index is 12.1. The Labute approximate surface area is 164 Å². The van der Waals surface area contributed by atoms with Gasteiger partial charge in [0, 0.05) is 18.2 Å². The van der Waals surface area contributed by atoms with E-state index in [0.29, 0.717) is 5.56 Å². The van der Waals surface area contributed by atoms with Crippen LogP contribution in [0.3, 0.4) is 0 Å². The number of rotatable bonds is 8. The number of carboxylic acid groups (broad SMARTS) is 1. The number of aromatic hydroxyl groups is 1. The summed E-state index contributed by atoms with van der Waals surface area (Å²) in [6.45, 7) is 0. The third kappa shape index (κ3) is 5.53. The Morgan fingerprint density at radius 3 is 2.59 bits per heavy atom. The Morgan fingerprint density at radius 2 is 1.97 bits per heavy atom. The van der Waals surface area contributed by atoms with E-state index < -0.39 is 28.9 Å². The molecule has 10 heteroatoms.